The number of fused-ring (bicyclic) bond motifs is 1. The van der Waals surface area contributed by atoms with Crippen LogP contribution in [0, 0.1) is 10.1 Å². The zero-order valence-electron chi connectivity index (χ0n) is 15.1. The topological polar surface area (TPSA) is 101 Å². The number of benzene rings is 2. The molecule has 3 rings (SSSR count). The SMILES string of the molecule is CC(C)c1ccc(C(=O)N2Cc3ccccc3CC2C(=O)O)cc1[N+](=O)[O-]. The minimum absolute atomic E-state index is 0.0665. The van der Waals surface area contributed by atoms with Crippen molar-refractivity contribution in [2.75, 3.05) is 0 Å². The highest BCUT2D eigenvalue weighted by Gasteiger charge is 2.35. The summed E-state index contributed by atoms with van der Waals surface area (Å²) in [4.78, 5) is 36.9. The maximum Gasteiger partial charge on any atom is 0.326 e. The molecular weight excluding hydrogens is 348 g/mol. The number of amides is 1. The lowest BCUT2D eigenvalue weighted by Crippen LogP contribution is -2.48. The summed E-state index contributed by atoms with van der Waals surface area (Å²) >= 11 is 0. The van der Waals surface area contributed by atoms with Gasteiger partial charge >= 0.3 is 5.97 Å². The maximum atomic E-state index is 13.0. The average Bonchev–Trinajstić information content (AvgIpc) is 2.65. The van der Waals surface area contributed by atoms with Crippen LogP contribution < -0.4 is 0 Å². The fourth-order valence-corrected chi connectivity index (χ4v) is 3.45. The number of hydrogen-bond acceptors (Lipinski definition) is 4. The molecule has 1 N–H and O–H groups in total. The number of rotatable bonds is 4. The zero-order valence-corrected chi connectivity index (χ0v) is 15.1. The van der Waals surface area contributed by atoms with Gasteiger partial charge in [0.1, 0.15) is 6.04 Å². The van der Waals surface area contributed by atoms with Gasteiger partial charge in [0.15, 0.2) is 0 Å². The standard InChI is InChI=1S/C20H20N2O5/c1-12(2)16-8-7-14(10-17(16)22(26)27)19(23)21-11-15-6-4-3-5-13(15)9-18(21)20(24)25/h3-8,10,12,18H,9,11H2,1-2H3,(H,24,25). The van der Waals surface area contributed by atoms with Gasteiger partial charge < -0.3 is 10.0 Å². The molecule has 0 radical (unpaired) electrons. The minimum atomic E-state index is -1.09. The summed E-state index contributed by atoms with van der Waals surface area (Å²) in [5.74, 6) is -1.68. The summed E-state index contributed by atoms with van der Waals surface area (Å²) in [5, 5.41) is 21.0. The van der Waals surface area contributed by atoms with Gasteiger partial charge in [-0.2, -0.15) is 0 Å². The van der Waals surface area contributed by atoms with Crippen molar-refractivity contribution in [3.8, 4) is 0 Å². The molecule has 1 amide bonds. The molecule has 0 aliphatic carbocycles. The van der Waals surface area contributed by atoms with E-state index in [9.17, 15) is 24.8 Å². The summed E-state index contributed by atoms with van der Waals surface area (Å²) in [6.07, 6.45) is 0.212. The van der Waals surface area contributed by atoms with Crippen LogP contribution in [0.2, 0.25) is 0 Å². The second-order valence-corrected chi connectivity index (χ2v) is 6.95. The Morgan fingerprint density at radius 1 is 1.19 bits per heavy atom. The van der Waals surface area contributed by atoms with Crippen LogP contribution in [0.25, 0.3) is 0 Å². The van der Waals surface area contributed by atoms with Crippen LogP contribution >= 0.6 is 0 Å². The highest BCUT2D eigenvalue weighted by molar-refractivity contribution is 5.97. The van der Waals surface area contributed by atoms with Gasteiger partial charge in [-0.15, -0.1) is 0 Å². The van der Waals surface area contributed by atoms with Crippen molar-refractivity contribution in [2.45, 2.75) is 38.8 Å². The van der Waals surface area contributed by atoms with Gasteiger partial charge in [-0.1, -0.05) is 44.2 Å². The largest absolute Gasteiger partial charge is 0.480 e. The summed E-state index contributed by atoms with van der Waals surface area (Å²) in [6.45, 7) is 3.84. The van der Waals surface area contributed by atoms with Gasteiger partial charge in [-0.3, -0.25) is 14.9 Å². The molecule has 1 aliphatic heterocycles. The van der Waals surface area contributed by atoms with E-state index < -0.39 is 22.8 Å². The van der Waals surface area contributed by atoms with E-state index in [0.29, 0.717) is 5.56 Å². The number of carbonyl (C=O) groups excluding carboxylic acids is 1. The monoisotopic (exact) mass is 368 g/mol. The molecular formula is C20H20N2O5. The van der Waals surface area contributed by atoms with Gasteiger partial charge in [-0.25, -0.2) is 4.79 Å². The smallest absolute Gasteiger partial charge is 0.326 e. The molecule has 7 nitrogen and oxygen atoms in total. The van der Waals surface area contributed by atoms with Crippen molar-refractivity contribution in [1.29, 1.82) is 0 Å². The van der Waals surface area contributed by atoms with Crippen LogP contribution in [0.5, 0.6) is 0 Å². The summed E-state index contributed by atoms with van der Waals surface area (Å²) in [7, 11) is 0. The maximum absolute atomic E-state index is 13.0. The van der Waals surface area contributed by atoms with Gasteiger partial charge in [0.2, 0.25) is 0 Å². The molecule has 0 saturated carbocycles. The van der Waals surface area contributed by atoms with Crippen LogP contribution in [-0.4, -0.2) is 32.8 Å². The molecule has 1 aliphatic rings. The van der Waals surface area contributed by atoms with Crippen molar-refractivity contribution < 1.29 is 19.6 Å². The Kier molecular flexibility index (Phi) is 4.94. The fourth-order valence-electron chi connectivity index (χ4n) is 3.45. The van der Waals surface area contributed by atoms with Crippen molar-refractivity contribution in [3.05, 3.63) is 74.8 Å². The molecule has 0 saturated heterocycles. The predicted octanol–water partition coefficient (Wildman–Crippen LogP) is 3.37. The van der Waals surface area contributed by atoms with Crippen LogP contribution in [0.4, 0.5) is 5.69 Å². The number of carboxylic acid groups (broad SMARTS) is 1. The van der Waals surface area contributed by atoms with E-state index >= 15 is 0 Å². The number of hydrogen-bond donors (Lipinski definition) is 1. The number of nitro groups is 1. The first-order valence-electron chi connectivity index (χ1n) is 8.68. The van der Waals surface area contributed by atoms with Crippen LogP contribution in [0.3, 0.4) is 0 Å². The molecule has 140 valence electrons. The third kappa shape index (κ3) is 3.53. The number of aliphatic carboxylic acids is 1. The third-order valence-electron chi connectivity index (χ3n) is 4.89. The second kappa shape index (κ2) is 7.19. The number of nitro benzene ring substituents is 1. The lowest BCUT2D eigenvalue weighted by Gasteiger charge is -2.34. The van der Waals surface area contributed by atoms with Crippen molar-refractivity contribution >= 4 is 17.6 Å². The quantitative estimate of drug-likeness (QED) is 0.659. The molecule has 27 heavy (non-hydrogen) atoms. The number of carboxylic acids is 1. The normalized spacial score (nSPS) is 16.1. The molecule has 1 heterocycles. The van der Waals surface area contributed by atoms with E-state index in [1.165, 1.54) is 17.0 Å². The first kappa shape index (κ1) is 18.6. The van der Waals surface area contributed by atoms with Gasteiger partial charge in [0.25, 0.3) is 11.6 Å². The summed E-state index contributed by atoms with van der Waals surface area (Å²) in [6, 6.07) is 10.7. The van der Waals surface area contributed by atoms with E-state index in [-0.39, 0.29) is 30.1 Å². The lowest BCUT2D eigenvalue weighted by molar-refractivity contribution is -0.385. The van der Waals surface area contributed by atoms with E-state index in [1.807, 2.05) is 38.1 Å². The first-order chi connectivity index (χ1) is 12.8. The Hall–Kier alpha value is -3.22. The minimum Gasteiger partial charge on any atom is -0.480 e. The van der Waals surface area contributed by atoms with E-state index in [4.69, 9.17) is 0 Å². The van der Waals surface area contributed by atoms with E-state index in [0.717, 1.165) is 11.1 Å². The highest BCUT2D eigenvalue weighted by Crippen LogP contribution is 2.30. The fraction of sp³-hybridized carbons (Fsp3) is 0.300. The highest BCUT2D eigenvalue weighted by atomic mass is 16.6. The Morgan fingerprint density at radius 3 is 2.44 bits per heavy atom. The van der Waals surface area contributed by atoms with Crippen LogP contribution in [-0.2, 0) is 17.8 Å². The van der Waals surface area contributed by atoms with Crippen LogP contribution in [0.15, 0.2) is 42.5 Å². The zero-order chi connectivity index (χ0) is 19.7. The van der Waals surface area contributed by atoms with Gasteiger partial charge in [-0.05, 0) is 23.1 Å². The number of carbonyl (C=O) groups is 2. The first-order valence-corrected chi connectivity index (χ1v) is 8.68. The van der Waals surface area contributed by atoms with Crippen molar-refractivity contribution in [3.63, 3.8) is 0 Å². The molecule has 0 spiro atoms. The molecule has 0 fully saturated rings. The van der Waals surface area contributed by atoms with Crippen molar-refractivity contribution in [2.24, 2.45) is 0 Å². The molecule has 0 aromatic heterocycles. The second-order valence-electron chi connectivity index (χ2n) is 6.95. The lowest BCUT2D eigenvalue weighted by atomic mass is 9.93. The van der Waals surface area contributed by atoms with Gasteiger partial charge in [0, 0.05) is 30.2 Å². The Labute approximate surface area is 156 Å². The van der Waals surface area contributed by atoms with E-state index in [2.05, 4.69) is 0 Å². The summed E-state index contributed by atoms with van der Waals surface area (Å²) in [5.41, 5.74) is 2.32. The predicted molar refractivity (Wildman–Crippen MR) is 98.6 cm³/mol. The Balaban J connectivity index is 2.00. The third-order valence-corrected chi connectivity index (χ3v) is 4.89. The van der Waals surface area contributed by atoms with Crippen molar-refractivity contribution in [1.82, 2.24) is 4.90 Å². The van der Waals surface area contributed by atoms with Gasteiger partial charge in [0.05, 0.1) is 4.92 Å². The molecule has 2 aromatic rings. The van der Waals surface area contributed by atoms with Crippen LogP contribution in [0.1, 0.15) is 46.8 Å². The average molecular weight is 368 g/mol. The molecule has 0 bridgehead atoms. The number of nitrogens with zero attached hydrogens (tertiary/aromatic N) is 2. The molecule has 7 heteroatoms. The van der Waals surface area contributed by atoms with E-state index in [1.54, 1.807) is 6.07 Å². The Bertz CT molecular complexity index is 922. The molecule has 1 unspecified atom stereocenters. The summed E-state index contributed by atoms with van der Waals surface area (Å²) < 4.78 is 0. The molecule has 1 atom stereocenters. The molecule has 2 aromatic carbocycles. The Morgan fingerprint density at radius 2 is 1.85 bits per heavy atom.